The molecule has 10 rings (SSSR count). The third-order valence-electron chi connectivity index (χ3n) is 9.54. The minimum atomic E-state index is 0.634. The van der Waals surface area contributed by atoms with Gasteiger partial charge in [-0.2, -0.15) is 0 Å². The smallest absolute Gasteiger partial charge is 0.164 e. The van der Waals surface area contributed by atoms with E-state index >= 15 is 0 Å². The van der Waals surface area contributed by atoms with Crippen LogP contribution in [0.25, 0.3) is 94.3 Å². The predicted octanol–water partition coefficient (Wildman–Crippen LogP) is 11.2. The Labute approximate surface area is 270 Å². The van der Waals surface area contributed by atoms with Gasteiger partial charge in [0.25, 0.3) is 0 Å². The molecule has 0 amide bonds. The highest BCUT2D eigenvalue weighted by molar-refractivity contribution is 6.10. The highest BCUT2D eigenvalue weighted by atomic mass is 16.3. The van der Waals surface area contributed by atoms with Crippen molar-refractivity contribution in [2.75, 3.05) is 0 Å². The summed E-state index contributed by atoms with van der Waals surface area (Å²) in [5.41, 5.74) is 4.83. The lowest BCUT2D eigenvalue weighted by Crippen LogP contribution is -2.01. The standard InChI is InChI=1S/C43H27N3O/c1-3-10-32-26(8-1)16-18-28-20-22-30(24-36(28)32)41-44-42(31-23-21-29-19-17-27-9-2-4-11-33(27)37(29)25-31)46-43(45-41)35-13-7-15-39-40(35)34-12-5-6-14-38(34)47-39/h1-5,7-13,15-25H,6,14H2. The van der Waals surface area contributed by atoms with Crippen LogP contribution in [-0.2, 0) is 6.42 Å². The first kappa shape index (κ1) is 26.1. The number of aryl methyl sites for hydroxylation is 1. The molecular weight excluding hydrogens is 574 g/mol. The number of hydrogen-bond acceptors (Lipinski definition) is 4. The Balaban J connectivity index is 1.24. The van der Waals surface area contributed by atoms with Crippen molar-refractivity contribution >= 4 is 60.1 Å². The molecule has 0 spiro atoms. The van der Waals surface area contributed by atoms with E-state index in [0.717, 1.165) is 51.8 Å². The molecule has 0 aliphatic heterocycles. The van der Waals surface area contributed by atoms with Gasteiger partial charge in [-0.3, -0.25) is 0 Å². The minimum Gasteiger partial charge on any atom is -0.460 e. The van der Waals surface area contributed by atoms with Gasteiger partial charge in [0.05, 0.1) is 0 Å². The number of furan rings is 1. The zero-order valence-electron chi connectivity index (χ0n) is 25.4. The van der Waals surface area contributed by atoms with Crippen LogP contribution in [0.1, 0.15) is 17.7 Å². The molecule has 7 aromatic carbocycles. The second-order valence-electron chi connectivity index (χ2n) is 12.3. The Morgan fingerprint density at radius 1 is 0.489 bits per heavy atom. The fourth-order valence-electron chi connectivity index (χ4n) is 7.22. The summed E-state index contributed by atoms with van der Waals surface area (Å²) in [6, 6.07) is 45.0. The van der Waals surface area contributed by atoms with Gasteiger partial charge >= 0.3 is 0 Å². The van der Waals surface area contributed by atoms with E-state index in [9.17, 15) is 0 Å². The van der Waals surface area contributed by atoms with Crippen LogP contribution in [0, 0.1) is 0 Å². The summed E-state index contributed by atoms with van der Waals surface area (Å²) in [7, 11) is 0. The fourth-order valence-corrected chi connectivity index (χ4v) is 7.22. The lowest BCUT2D eigenvalue weighted by atomic mass is 9.98. The lowest BCUT2D eigenvalue weighted by Gasteiger charge is -2.12. The SMILES string of the molecule is C1=Cc2c(oc3cccc(-c4nc(-c5ccc6ccc7ccccc7c6c5)nc(-c5ccc6ccc7ccccc7c6c5)n4)c23)CC1. The summed E-state index contributed by atoms with van der Waals surface area (Å²) in [6.07, 6.45) is 6.27. The first-order valence-corrected chi connectivity index (χ1v) is 16.1. The van der Waals surface area contributed by atoms with E-state index in [0.29, 0.717) is 17.5 Å². The Bertz CT molecular complexity index is 2620. The first-order chi connectivity index (χ1) is 23.3. The predicted molar refractivity (Wildman–Crippen MR) is 193 cm³/mol. The zero-order chi connectivity index (χ0) is 30.9. The molecule has 0 atom stereocenters. The third-order valence-corrected chi connectivity index (χ3v) is 9.54. The molecule has 0 saturated heterocycles. The average molecular weight is 602 g/mol. The number of benzene rings is 7. The fraction of sp³-hybridized carbons (Fsp3) is 0.0465. The Morgan fingerprint density at radius 2 is 1.04 bits per heavy atom. The van der Waals surface area contributed by atoms with Crippen LogP contribution in [0.5, 0.6) is 0 Å². The van der Waals surface area contributed by atoms with Crippen molar-refractivity contribution in [2.24, 2.45) is 0 Å². The molecule has 4 nitrogen and oxygen atoms in total. The molecule has 0 N–H and O–H groups in total. The monoisotopic (exact) mass is 601 g/mol. The van der Waals surface area contributed by atoms with Gasteiger partial charge in [-0.1, -0.05) is 121 Å². The zero-order valence-corrected chi connectivity index (χ0v) is 25.4. The molecular formula is C43H27N3O. The summed E-state index contributed by atoms with van der Waals surface area (Å²) in [4.78, 5) is 15.5. The molecule has 2 aromatic heterocycles. The Morgan fingerprint density at radius 3 is 1.68 bits per heavy atom. The molecule has 9 aromatic rings. The second-order valence-corrected chi connectivity index (χ2v) is 12.3. The average Bonchev–Trinajstić information content (AvgIpc) is 3.53. The van der Waals surface area contributed by atoms with Gasteiger partial charge in [-0.25, -0.2) is 15.0 Å². The summed E-state index contributed by atoms with van der Waals surface area (Å²) in [5.74, 6) is 2.94. The second kappa shape index (κ2) is 10.2. The van der Waals surface area contributed by atoms with Crippen LogP contribution >= 0.6 is 0 Å². The van der Waals surface area contributed by atoms with Gasteiger partial charge in [0.1, 0.15) is 11.3 Å². The largest absolute Gasteiger partial charge is 0.460 e. The summed E-state index contributed by atoms with van der Waals surface area (Å²) in [5, 5.41) is 10.6. The number of hydrogen-bond donors (Lipinski definition) is 0. The summed E-state index contributed by atoms with van der Waals surface area (Å²) in [6.45, 7) is 0. The first-order valence-electron chi connectivity index (χ1n) is 16.1. The van der Waals surface area contributed by atoms with Gasteiger partial charge in [0.15, 0.2) is 17.5 Å². The molecule has 220 valence electrons. The van der Waals surface area contributed by atoms with Crippen molar-refractivity contribution in [3.05, 3.63) is 145 Å². The van der Waals surface area contributed by atoms with Crippen molar-refractivity contribution < 1.29 is 4.42 Å². The van der Waals surface area contributed by atoms with Crippen molar-refractivity contribution in [1.82, 2.24) is 15.0 Å². The van der Waals surface area contributed by atoms with E-state index in [1.807, 2.05) is 12.1 Å². The molecule has 1 aliphatic carbocycles. The van der Waals surface area contributed by atoms with Crippen molar-refractivity contribution in [1.29, 1.82) is 0 Å². The van der Waals surface area contributed by atoms with E-state index in [4.69, 9.17) is 19.4 Å². The Kier molecular flexibility index (Phi) is 5.67. The maximum atomic E-state index is 6.34. The highest BCUT2D eigenvalue weighted by Crippen LogP contribution is 2.38. The van der Waals surface area contributed by atoms with E-state index in [1.54, 1.807) is 0 Å². The van der Waals surface area contributed by atoms with Crippen molar-refractivity contribution in [3.63, 3.8) is 0 Å². The van der Waals surface area contributed by atoms with E-state index in [1.165, 1.54) is 43.1 Å². The topological polar surface area (TPSA) is 51.8 Å². The highest BCUT2D eigenvalue weighted by Gasteiger charge is 2.21. The number of rotatable bonds is 3. The van der Waals surface area contributed by atoms with E-state index in [-0.39, 0.29) is 0 Å². The van der Waals surface area contributed by atoms with Crippen LogP contribution in [-0.4, -0.2) is 15.0 Å². The molecule has 0 radical (unpaired) electrons. The van der Waals surface area contributed by atoms with Crippen LogP contribution in [0.2, 0.25) is 0 Å². The quantitative estimate of drug-likeness (QED) is 0.189. The molecule has 2 heterocycles. The molecule has 0 saturated carbocycles. The van der Waals surface area contributed by atoms with Crippen LogP contribution in [0.15, 0.2) is 138 Å². The van der Waals surface area contributed by atoms with Gasteiger partial charge in [-0.15, -0.1) is 0 Å². The third kappa shape index (κ3) is 4.19. The van der Waals surface area contributed by atoms with Crippen LogP contribution in [0.4, 0.5) is 0 Å². The molecule has 47 heavy (non-hydrogen) atoms. The molecule has 1 aliphatic rings. The number of aromatic nitrogens is 3. The van der Waals surface area contributed by atoms with Gasteiger partial charge in [0.2, 0.25) is 0 Å². The van der Waals surface area contributed by atoms with E-state index in [2.05, 4.69) is 127 Å². The normalized spacial score (nSPS) is 12.9. The van der Waals surface area contributed by atoms with Gasteiger partial charge < -0.3 is 4.42 Å². The van der Waals surface area contributed by atoms with Crippen LogP contribution < -0.4 is 0 Å². The van der Waals surface area contributed by atoms with E-state index < -0.39 is 0 Å². The van der Waals surface area contributed by atoms with Crippen molar-refractivity contribution in [2.45, 2.75) is 12.8 Å². The number of allylic oxidation sites excluding steroid dienone is 1. The summed E-state index contributed by atoms with van der Waals surface area (Å²) < 4.78 is 6.34. The number of fused-ring (bicyclic) bond motifs is 9. The molecule has 4 heteroatoms. The summed E-state index contributed by atoms with van der Waals surface area (Å²) >= 11 is 0. The minimum absolute atomic E-state index is 0.634. The maximum absolute atomic E-state index is 6.34. The molecule has 0 unspecified atom stereocenters. The number of nitrogens with zero attached hydrogens (tertiary/aromatic N) is 3. The van der Waals surface area contributed by atoms with Crippen LogP contribution in [0.3, 0.4) is 0 Å². The molecule has 0 bridgehead atoms. The Hall–Kier alpha value is -6.13. The molecule has 0 fully saturated rings. The van der Waals surface area contributed by atoms with Gasteiger partial charge in [-0.05, 0) is 67.7 Å². The lowest BCUT2D eigenvalue weighted by molar-refractivity contribution is 0.546. The van der Waals surface area contributed by atoms with Gasteiger partial charge in [0, 0.05) is 34.1 Å². The maximum Gasteiger partial charge on any atom is 0.164 e. The van der Waals surface area contributed by atoms with Crippen molar-refractivity contribution in [3.8, 4) is 34.2 Å².